The lowest BCUT2D eigenvalue weighted by molar-refractivity contribution is -0.151. The number of nitrogens with zero attached hydrogens (tertiary/aromatic N) is 1. The van der Waals surface area contributed by atoms with E-state index in [9.17, 15) is 14.0 Å². The topological polar surface area (TPSA) is 46.6 Å². The number of halogens is 1. The van der Waals surface area contributed by atoms with Gasteiger partial charge in [0, 0.05) is 23.5 Å². The van der Waals surface area contributed by atoms with Gasteiger partial charge in [-0.05, 0) is 61.1 Å². The van der Waals surface area contributed by atoms with E-state index < -0.39 is 0 Å². The molecule has 0 radical (unpaired) electrons. The molecule has 0 unspecified atom stereocenters. The second-order valence-electron chi connectivity index (χ2n) is 6.53. The smallest absolute Gasteiger partial charge is 0.309 e. The highest BCUT2D eigenvalue weighted by atomic mass is 32.2. The van der Waals surface area contributed by atoms with Crippen molar-refractivity contribution in [3.63, 3.8) is 0 Å². The molecule has 1 fully saturated rings. The van der Waals surface area contributed by atoms with Gasteiger partial charge in [0.1, 0.15) is 12.4 Å². The zero-order valence-electron chi connectivity index (χ0n) is 15.2. The van der Waals surface area contributed by atoms with Crippen LogP contribution in [0.4, 0.5) is 4.39 Å². The van der Waals surface area contributed by atoms with Crippen molar-refractivity contribution in [2.75, 3.05) is 19.3 Å². The molecule has 1 aliphatic heterocycles. The summed E-state index contributed by atoms with van der Waals surface area (Å²) in [6.07, 6.45) is 3.18. The molecule has 1 aliphatic rings. The molecule has 1 amide bonds. The number of thioether (sulfide) groups is 1. The number of carbonyl (C=O) groups is 2. The van der Waals surface area contributed by atoms with E-state index in [0.29, 0.717) is 31.5 Å². The number of carbonyl (C=O) groups excluding carboxylic acids is 2. The summed E-state index contributed by atoms with van der Waals surface area (Å²) < 4.78 is 18.4. The fourth-order valence-corrected chi connectivity index (χ4v) is 3.50. The van der Waals surface area contributed by atoms with E-state index in [0.717, 1.165) is 5.56 Å². The molecule has 1 heterocycles. The Balaban J connectivity index is 1.47. The summed E-state index contributed by atoms with van der Waals surface area (Å²) in [4.78, 5) is 27.6. The first kappa shape index (κ1) is 19.4. The molecule has 2 aromatic carbocycles. The van der Waals surface area contributed by atoms with Crippen LogP contribution in [0.3, 0.4) is 0 Å². The highest BCUT2D eigenvalue weighted by Crippen LogP contribution is 2.21. The molecule has 0 aliphatic carbocycles. The van der Waals surface area contributed by atoms with Crippen LogP contribution >= 0.6 is 11.8 Å². The third-order valence-electron chi connectivity index (χ3n) is 4.75. The highest BCUT2D eigenvalue weighted by molar-refractivity contribution is 7.98. The Bertz CT molecular complexity index is 784. The van der Waals surface area contributed by atoms with Crippen molar-refractivity contribution < 1.29 is 18.7 Å². The maximum atomic E-state index is 13.0. The quantitative estimate of drug-likeness (QED) is 0.571. The molecule has 0 atom stereocenters. The Hall–Kier alpha value is -2.34. The fourth-order valence-electron chi connectivity index (χ4n) is 3.09. The summed E-state index contributed by atoms with van der Waals surface area (Å²) in [5.41, 5.74) is 1.43. The lowest BCUT2D eigenvalue weighted by Gasteiger charge is -2.31. The number of esters is 1. The van der Waals surface area contributed by atoms with E-state index in [4.69, 9.17) is 4.74 Å². The molecule has 4 nitrogen and oxygen atoms in total. The predicted octanol–water partition coefficient (Wildman–Crippen LogP) is 4.14. The molecule has 0 spiro atoms. The fraction of sp³-hybridized carbons (Fsp3) is 0.333. The summed E-state index contributed by atoms with van der Waals surface area (Å²) in [5, 5.41) is 0. The molecule has 0 bridgehead atoms. The Morgan fingerprint density at radius 2 is 1.70 bits per heavy atom. The van der Waals surface area contributed by atoms with Gasteiger partial charge in [-0.15, -0.1) is 11.8 Å². The third kappa shape index (κ3) is 5.10. The summed E-state index contributed by atoms with van der Waals surface area (Å²) >= 11 is 1.67. The van der Waals surface area contributed by atoms with Crippen LogP contribution in [0.1, 0.15) is 28.8 Å². The Kier molecular flexibility index (Phi) is 6.50. The van der Waals surface area contributed by atoms with Gasteiger partial charge in [-0.1, -0.05) is 12.1 Å². The second-order valence-corrected chi connectivity index (χ2v) is 7.41. The standard InChI is InChI=1S/C21H22FNO3S/c1-27-19-8-2-15(3-9-19)14-26-21(25)17-10-12-23(13-11-17)20(24)16-4-6-18(22)7-5-16/h2-9,17H,10-14H2,1H3. The number of benzene rings is 2. The van der Waals surface area contributed by atoms with Crippen LogP contribution in [-0.4, -0.2) is 36.1 Å². The number of piperidine rings is 1. The molecule has 0 saturated carbocycles. The van der Waals surface area contributed by atoms with E-state index >= 15 is 0 Å². The van der Waals surface area contributed by atoms with Crippen LogP contribution in [0.15, 0.2) is 53.4 Å². The van der Waals surface area contributed by atoms with Crippen molar-refractivity contribution in [1.82, 2.24) is 4.90 Å². The van der Waals surface area contributed by atoms with E-state index in [1.165, 1.54) is 29.2 Å². The number of rotatable bonds is 5. The first-order valence-electron chi connectivity index (χ1n) is 8.91. The molecular weight excluding hydrogens is 365 g/mol. The van der Waals surface area contributed by atoms with Gasteiger partial charge in [0.2, 0.25) is 0 Å². The van der Waals surface area contributed by atoms with Gasteiger partial charge in [0.05, 0.1) is 5.92 Å². The number of hydrogen-bond donors (Lipinski definition) is 0. The van der Waals surface area contributed by atoms with E-state index in [1.807, 2.05) is 30.5 Å². The van der Waals surface area contributed by atoms with E-state index in [-0.39, 0.29) is 30.2 Å². The van der Waals surface area contributed by atoms with Crippen LogP contribution in [0.2, 0.25) is 0 Å². The molecule has 142 valence electrons. The van der Waals surface area contributed by atoms with Gasteiger partial charge < -0.3 is 9.64 Å². The average molecular weight is 387 g/mol. The lowest BCUT2D eigenvalue weighted by Crippen LogP contribution is -2.40. The predicted molar refractivity (Wildman–Crippen MR) is 103 cm³/mol. The van der Waals surface area contributed by atoms with Crippen LogP contribution in [0, 0.1) is 11.7 Å². The molecule has 0 aromatic heterocycles. The Labute approximate surface area is 162 Å². The summed E-state index contributed by atoms with van der Waals surface area (Å²) in [5.74, 6) is -0.891. The minimum atomic E-state index is -0.365. The summed E-state index contributed by atoms with van der Waals surface area (Å²) in [6, 6.07) is 13.5. The van der Waals surface area contributed by atoms with Crippen LogP contribution in [0.5, 0.6) is 0 Å². The van der Waals surface area contributed by atoms with Gasteiger partial charge in [-0.25, -0.2) is 4.39 Å². The highest BCUT2D eigenvalue weighted by Gasteiger charge is 2.28. The minimum Gasteiger partial charge on any atom is -0.461 e. The monoisotopic (exact) mass is 387 g/mol. The van der Waals surface area contributed by atoms with Gasteiger partial charge in [-0.3, -0.25) is 9.59 Å². The first-order chi connectivity index (χ1) is 13.1. The molecule has 1 saturated heterocycles. The number of hydrogen-bond acceptors (Lipinski definition) is 4. The van der Waals surface area contributed by atoms with Gasteiger partial charge in [-0.2, -0.15) is 0 Å². The van der Waals surface area contributed by atoms with Gasteiger partial charge >= 0.3 is 5.97 Å². The van der Waals surface area contributed by atoms with E-state index in [1.54, 1.807) is 16.7 Å². The van der Waals surface area contributed by atoms with Crippen molar-refractivity contribution in [2.24, 2.45) is 5.92 Å². The zero-order chi connectivity index (χ0) is 19.2. The summed E-state index contributed by atoms with van der Waals surface area (Å²) in [6.45, 7) is 1.26. The molecule has 27 heavy (non-hydrogen) atoms. The van der Waals surface area contributed by atoms with Crippen molar-refractivity contribution >= 4 is 23.6 Å². The molecule has 3 rings (SSSR count). The molecule has 6 heteroatoms. The van der Waals surface area contributed by atoms with Crippen molar-refractivity contribution in [3.05, 3.63) is 65.5 Å². The normalized spacial score (nSPS) is 14.8. The number of ether oxygens (including phenoxy) is 1. The van der Waals surface area contributed by atoms with Crippen LogP contribution < -0.4 is 0 Å². The van der Waals surface area contributed by atoms with Crippen molar-refractivity contribution in [1.29, 1.82) is 0 Å². The maximum absolute atomic E-state index is 13.0. The Morgan fingerprint density at radius 1 is 1.07 bits per heavy atom. The van der Waals surface area contributed by atoms with Crippen molar-refractivity contribution in [3.8, 4) is 0 Å². The molecular formula is C21H22FNO3S. The third-order valence-corrected chi connectivity index (χ3v) is 5.49. The molecule has 2 aromatic rings. The number of likely N-dealkylation sites (tertiary alicyclic amines) is 1. The maximum Gasteiger partial charge on any atom is 0.309 e. The first-order valence-corrected chi connectivity index (χ1v) is 10.1. The minimum absolute atomic E-state index is 0.129. The average Bonchev–Trinajstić information content (AvgIpc) is 2.72. The zero-order valence-corrected chi connectivity index (χ0v) is 16.0. The second kappa shape index (κ2) is 9.04. The van der Waals surface area contributed by atoms with Crippen LogP contribution in [0.25, 0.3) is 0 Å². The van der Waals surface area contributed by atoms with Gasteiger partial charge in [0.15, 0.2) is 0 Å². The molecule has 0 N–H and O–H groups in total. The van der Waals surface area contributed by atoms with Gasteiger partial charge in [0.25, 0.3) is 5.91 Å². The summed E-state index contributed by atoms with van der Waals surface area (Å²) in [7, 11) is 0. The van der Waals surface area contributed by atoms with Crippen LogP contribution in [-0.2, 0) is 16.1 Å². The van der Waals surface area contributed by atoms with E-state index in [2.05, 4.69) is 0 Å². The Morgan fingerprint density at radius 3 is 2.30 bits per heavy atom. The number of amides is 1. The lowest BCUT2D eigenvalue weighted by atomic mass is 9.96. The largest absolute Gasteiger partial charge is 0.461 e. The van der Waals surface area contributed by atoms with Crippen molar-refractivity contribution in [2.45, 2.75) is 24.3 Å². The SMILES string of the molecule is CSc1ccc(COC(=O)C2CCN(C(=O)c3ccc(F)cc3)CC2)cc1.